The highest BCUT2D eigenvalue weighted by molar-refractivity contribution is 4.92. The van der Waals surface area contributed by atoms with Crippen molar-refractivity contribution in [1.82, 2.24) is 19.8 Å². The topological polar surface area (TPSA) is 33.1 Å². The first-order valence-corrected chi connectivity index (χ1v) is 7.51. The lowest BCUT2D eigenvalue weighted by Crippen LogP contribution is -2.43. The summed E-state index contributed by atoms with van der Waals surface area (Å²) in [4.78, 5) is 6.74. The van der Waals surface area contributed by atoms with Crippen molar-refractivity contribution in [2.45, 2.75) is 52.7 Å². The molecule has 1 aromatic heterocycles. The molecular weight excluding hydrogens is 236 g/mol. The quantitative estimate of drug-likeness (QED) is 0.745. The molecule has 0 bridgehead atoms. The van der Waals surface area contributed by atoms with Crippen LogP contribution in [0.1, 0.15) is 39.4 Å². The molecule has 0 saturated heterocycles. The second-order valence-electron chi connectivity index (χ2n) is 5.37. The molecule has 0 aliphatic heterocycles. The Morgan fingerprint density at radius 1 is 1.26 bits per heavy atom. The molecule has 4 heteroatoms. The van der Waals surface area contributed by atoms with E-state index in [1.807, 2.05) is 12.4 Å². The highest BCUT2D eigenvalue weighted by atomic mass is 15.1. The summed E-state index contributed by atoms with van der Waals surface area (Å²) in [5, 5.41) is 3.57. The number of nitrogens with zero attached hydrogens (tertiary/aromatic N) is 3. The van der Waals surface area contributed by atoms with Crippen molar-refractivity contribution in [2.24, 2.45) is 5.92 Å². The van der Waals surface area contributed by atoms with E-state index < -0.39 is 0 Å². The van der Waals surface area contributed by atoms with E-state index in [4.69, 9.17) is 0 Å². The molecule has 0 spiro atoms. The van der Waals surface area contributed by atoms with E-state index in [2.05, 4.69) is 54.6 Å². The maximum atomic E-state index is 4.40. The van der Waals surface area contributed by atoms with E-state index in [0.717, 1.165) is 31.4 Å². The van der Waals surface area contributed by atoms with E-state index in [-0.39, 0.29) is 0 Å². The third kappa shape index (κ3) is 4.62. The average Bonchev–Trinajstić information content (AvgIpc) is 2.85. The number of aromatic nitrogens is 2. The van der Waals surface area contributed by atoms with Crippen LogP contribution >= 0.6 is 0 Å². The van der Waals surface area contributed by atoms with Crippen molar-refractivity contribution >= 4 is 0 Å². The van der Waals surface area contributed by atoms with Gasteiger partial charge in [0, 0.05) is 31.5 Å². The Morgan fingerprint density at radius 2 is 1.95 bits per heavy atom. The van der Waals surface area contributed by atoms with Crippen molar-refractivity contribution in [2.75, 3.05) is 20.6 Å². The van der Waals surface area contributed by atoms with Gasteiger partial charge < -0.3 is 14.8 Å². The van der Waals surface area contributed by atoms with Crippen LogP contribution in [0.5, 0.6) is 0 Å². The minimum Gasteiger partial charge on any atom is -0.334 e. The summed E-state index contributed by atoms with van der Waals surface area (Å²) in [6.45, 7) is 9.59. The Morgan fingerprint density at radius 3 is 2.47 bits per heavy atom. The van der Waals surface area contributed by atoms with Gasteiger partial charge in [-0.2, -0.15) is 0 Å². The second-order valence-corrected chi connectivity index (χ2v) is 5.37. The van der Waals surface area contributed by atoms with Gasteiger partial charge in [0.05, 0.1) is 6.54 Å². The van der Waals surface area contributed by atoms with E-state index in [1.54, 1.807) is 0 Å². The number of rotatable bonds is 9. The molecule has 0 saturated carbocycles. The molecule has 19 heavy (non-hydrogen) atoms. The Hall–Kier alpha value is -0.870. The number of nitrogens with one attached hydrogen (secondary N) is 1. The lowest BCUT2D eigenvalue weighted by molar-refractivity contribution is 0.193. The highest BCUT2D eigenvalue weighted by Gasteiger charge is 2.20. The molecule has 0 aromatic carbocycles. The lowest BCUT2D eigenvalue weighted by atomic mass is 9.93. The number of imidazole rings is 1. The largest absolute Gasteiger partial charge is 0.334 e. The number of likely N-dealkylation sites (N-methyl/N-ethyl adjacent to an activating group) is 1. The molecule has 1 N–H and O–H groups in total. The zero-order chi connectivity index (χ0) is 14.3. The predicted octanol–water partition coefficient (Wildman–Crippen LogP) is 2.36. The summed E-state index contributed by atoms with van der Waals surface area (Å²) in [6.07, 6.45) is 6.40. The van der Waals surface area contributed by atoms with Gasteiger partial charge >= 0.3 is 0 Å². The van der Waals surface area contributed by atoms with Gasteiger partial charge in [-0.15, -0.1) is 0 Å². The minimum atomic E-state index is 0.597. The number of aryl methyl sites for hydroxylation is 1. The Kier molecular flexibility index (Phi) is 7.10. The third-order valence-electron chi connectivity index (χ3n) is 4.04. The first-order chi connectivity index (χ1) is 9.13. The smallest absolute Gasteiger partial charge is 0.122 e. The standard InChI is InChI=1S/C15H30N4/c1-6-13(7-2)14(18(4)5)11-16-12-15-17-9-10-19(15)8-3/h9-10,13-14,16H,6-8,11-12H2,1-5H3. The maximum Gasteiger partial charge on any atom is 0.122 e. The van der Waals surface area contributed by atoms with Crippen LogP contribution in [0.2, 0.25) is 0 Å². The van der Waals surface area contributed by atoms with Crippen LogP contribution in [0.3, 0.4) is 0 Å². The summed E-state index contributed by atoms with van der Waals surface area (Å²) >= 11 is 0. The first-order valence-electron chi connectivity index (χ1n) is 7.51. The summed E-state index contributed by atoms with van der Waals surface area (Å²) < 4.78 is 2.19. The SMILES string of the molecule is CCC(CC)C(CNCc1nccn1CC)N(C)C. The van der Waals surface area contributed by atoms with Gasteiger partial charge in [0.25, 0.3) is 0 Å². The van der Waals surface area contributed by atoms with Gasteiger partial charge in [-0.3, -0.25) is 0 Å². The maximum absolute atomic E-state index is 4.40. The second kappa shape index (κ2) is 8.33. The zero-order valence-electron chi connectivity index (χ0n) is 13.2. The summed E-state index contributed by atoms with van der Waals surface area (Å²) in [5.74, 6) is 1.89. The molecule has 1 atom stereocenters. The monoisotopic (exact) mass is 266 g/mol. The van der Waals surface area contributed by atoms with Crippen LogP contribution in [0.4, 0.5) is 0 Å². The van der Waals surface area contributed by atoms with Crippen molar-refractivity contribution < 1.29 is 0 Å². The summed E-state index contributed by atoms with van der Waals surface area (Å²) in [6, 6.07) is 0.597. The Bertz CT molecular complexity index is 342. The van der Waals surface area contributed by atoms with Crippen LogP contribution in [0.15, 0.2) is 12.4 Å². The van der Waals surface area contributed by atoms with E-state index in [1.165, 1.54) is 12.8 Å². The third-order valence-corrected chi connectivity index (χ3v) is 4.04. The van der Waals surface area contributed by atoms with Gasteiger partial charge in [0.1, 0.15) is 5.82 Å². The van der Waals surface area contributed by atoms with Crippen LogP contribution in [0, 0.1) is 5.92 Å². The Labute approximate surface area is 118 Å². The van der Waals surface area contributed by atoms with Gasteiger partial charge in [0.15, 0.2) is 0 Å². The molecule has 4 nitrogen and oxygen atoms in total. The minimum absolute atomic E-state index is 0.597. The molecule has 0 fully saturated rings. The molecular formula is C15H30N4. The van der Waals surface area contributed by atoms with E-state index >= 15 is 0 Å². The van der Waals surface area contributed by atoms with Crippen molar-refractivity contribution in [3.8, 4) is 0 Å². The van der Waals surface area contributed by atoms with Crippen LogP contribution in [0.25, 0.3) is 0 Å². The zero-order valence-corrected chi connectivity index (χ0v) is 13.2. The van der Waals surface area contributed by atoms with Crippen molar-refractivity contribution in [1.29, 1.82) is 0 Å². The highest BCUT2D eigenvalue weighted by Crippen LogP contribution is 2.16. The fourth-order valence-electron chi connectivity index (χ4n) is 2.73. The van der Waals surface area contributed by atoms with Gasteiger partial charge in [-0.25, -0.2) is 4.98 Å². The van der Waals surface area contributed by atoms with Gasteiger partial charge in [-0.05, 0) is 26.9 Å². The molecule has 1 aromatic rings. The normalized spacial score (nSPS) is 13.4. The van der Waals surface area contributed by atoms with Crippen molar-refractivity contribution in [3.05, 3.63) is 18.2 Å². The van der Waals surface area contributed by atoms with Crippen molar-refractivity contribution in [3.63, 3.8) is 0 Å². The van der Waals surface area contributed by atoms with E-state index in [0.29, 0.717) is 6.04 Å². The molecule has 110 valence electrons. The van der Waals surface area contributed by atoms with E-state index in [9.17, 15) is 0 Å². The van der Waals surface area contributed by atoms with Crippen LogP contribution in [-0.4, -0.2) is 41.1 Å². The molecule has 0 amide bonds. The molecule has 1 rings (SSSR count). The lowest BCUT2D eigenvalue weighted by Gasteiger charge is -2.31. The first kappa shape index (κ1) is 16.2. The fourth-order valence-corrected chi connectivity index (χ4v) is 2.73. The number of hydrogen-bond donors (Lipinski definition) is 1. The summed E-state index contributed by atoms with van der Waals surface area (Å²) in [5.41, 5.74) is 0. The molecule has 0 radical (unpaired) electrons. The molecule has 0 aliphatic rings. The van der Waals surface area contributed by atoms with Gasteiger partial charge in [0.2, 0.25) is 0 Å². The number of hydrogen-bond acceptors (Lipinski definition) is 3. The predicted molar refractivity (Wildman–Crippen MR) is 81.2 cm³/mol. The summed E-state index contributed by atoms with van der Waals surface area (Å²) in [7, 11) is 4.36. The fraction of sp³-hybridized carbons (Fsp3) is 0.800. The molecule has 1 heterocycles. The molecule has 0 aliphatic carbocycles. The van der Waals surface area contributed by atoms with Crippen LogP contribution in [-0.2, 0) is 13.1 Å². The van der Waals surface area contributed by atoms with Crippen LogP contribution < -0.4 is 5.32 Å². The molecule has 1 unspecified atom stereocenters. The van der Waals surface area contributed by atoms with Gasteiger partial charge in [-0.1, -0.05) is 26.7 Å². The Balaban J connectivity index is 2.48. The average molecular weight is 266 g/mol.